The van der Waals surface area contributed by atoms with E-state index < -0.39 is 6.10 Å². The van der Waals surface area contributed by atoms with Gasteiger partial charge in [0, 0.05) is 0 Å². The van der Waals surface area contributed by atoms with Crippen molar-refractivity contribution in [2.75, 3.05) is 6.61 Å². The van der Waals surface area contributed by atoms with Crippen molar-refractivity contribution in [3.63, 3.8) is 0 Å². The van der Waals surface area contributed by atoms with Gasteiger partial charge in [0.2, 0.25) is 0 Å². The van der Waals surface area contributed by atoms with Crippen LogP contribution in [0.5, 0.6) is 5.75 Å². The summed E-state index contributed by atoms with van der Waals surface area (Å²) in [5, 5.41) is 9.66. The van der Waals surface area contributed by atoms with Gasteiger partial charge in [-0.1, -0.05) is 24.6 Å². The third-order valence-corrected chi connectivity index (χ3v) is 2.36. The SMILES string of the molecule is CCC(O)COc1cccc(Cl)c1C=O. The van der Waals surface area contributed by atoms with Gasteiger partial charge >= 0.3 is 0 Å². The predicted molar refractivity (Wildman–Crippen MR) is 58.6 cm³/mol. The average molecular weight is 229 g/mol. The van der Waals surface area contributed by atoms with E-state index in [9.17, 15) is 9.90 Å². The molecule has 3 nitrogen and oxygen atoms in total. The Morgan fingerprint density at radius 2 is 2.33 bits per heavy atom. The smallest absolute Gasteiger partial charge is 0.155 e. The number of aldehydes is 1. The van der Waals surface area contributed by atoms with Gasteiger partial charge in [-0.25, -0.2) is 0 Å². The third kappa shape index (κ3) is 3.22. The highest BCUT2D eigenvalue weighted by Crippen LogP contribution is 2.24. The molecule has 1 aromatic rings. The summed E-state index contributed by atoms with van der Waals surface area (Å²) >= 11 is 5.80. The van der Waals surface area contributed by atoms with Gasteiger partial charge < -0.3 is 9.84 Å². The first-order valence-electron chi connectivity index (χ1n) is 4.73. The number of ether oxygens (including phenoxy) is 1. The van der Waals surface area contributed by atoms with Crippen LogP contribution >= 0.6 is 11.6 Å². The molecule has 1 atom stereocenters. The molecule has 0 bridgehead atoms. The topological polar surface area (TPSA) is 46.5 Å². The molecule has 1 N–H and O–H groups in total. The number of halogens is 1. The fourth-order valence-electron chi connectivity index (χ4n) is 1.06. The van der Waals surface area contributed by atoms with Crippen molar-refractivity contribution in [3.8, 4) is 5.75 Å². The van der Waals surface area contributed by atoms with Crippen molar-refractivity contribution in [2.24, 2.45) is 0 Å². The van der Waals surface area contributed by atoms with E-state index in [4.69, 9.17) is 16.3 Å². The number of rotatable bonds is 5. The molecule has 0 radical (unpaired) electrons. The first kappa shape index (κ1) is 12.0. The van der Waals surface area contributed by atoms with Crippen LogP contribution in [-0.4, -0.2) is 24.1 Å². The molecule has 4 heteroatoms. The van der Waals surface area contributed by atoms with Gasteiger partial charge in [0.1, 0.15) is 12.4 Å². The lowest BCUT2D eigenvalue weighted by atomic mass is 10.2. The van der Waals surface area contributed by atoms with Crippen LogP contribution in [-0.2, 0) is 0 Å². The van der Waals surface area contributed by atoms with Crippen molar-refractivity contribution < 1.29 is 14.6 Å². The van der Waals surface area contributed by atoms with Crippen LogP contribution in [0.4, 0.5) is 0 Å². The molecule has 0 aliphatic carbocycles. The van der Waals surface area contributed by atoms with Crippen molar-refractivity contribution in [3.05, 3.63) is 28.8 Å². The second-order valence-corrected chi connectivity index (χ2v) is 3.55. The average Bonchev–Trinajstić information content (AvgIpc) is 2.25. The van der Waals surface area contributed by atoms with E-state index in [1.54, 1.807) is 18.2 Å². The molecule has 15 heavy (non-hydrogen) atoms. The van der Waals surface area contributed by atoms with Gasteiger partial charge in [0.05, 0.1) is 16.7 Å². The van der Waals surface area contributed by atoms with Crippen molar-refractivity contribution in [1.82, 2.24) is 0 Å². The standard InChI is InChI=1S/C11H13ClO3/c1-2-8(14)7-15-11-5-3-4-10(12)9(11)6-13/h3-6,8,14H,2,7H2,1H3. The second-order valence-electron chi connectivity index (χ2n) is 3.14. The number of carbonyl (C=O) groups excluding carboxylic acids is 1. The molecule has 0 spiro atoms. The zero-order valence-corrected chi connectivity index (χ0v) is 9.20. The van der Waals surface area contributed by atoms with Crippen molar-refractivity contribution >= 4 is 17.9 Å². The lowest BCUT2D eigenvalue weighted by Crippen LogP contribution is -2.16. The summed E-state index contributed by atoms with van der Waals surface area (Å²) in [6, 6.07) is 4.97. The maximum atomic E-state index is 10.7. The normalized spacial score (nSPS) is 12.2. The summed E-state index contributed by atoms with van der Waals surface area (Å²) < 4.78 is 5.30. The van der Waals surface area contributed by atoms with Crippen LogP contribution in [0.2, 0.25) is 5.02 Å². The Morgan fingerprint density at radius 3 is 2.93 bits per heavy atom. The maximum Gasteiger partial charge on any atom is 0.155 e. The number of benzene rings is 1. The number of hydrogen-bond acceptors (Lipinski definition) is 3. The number of hydrogen-bond donors (Lipinski definition) is 1. The minimum Gasteiger partial charge on any atom is -0.490 e. The summed E-state index contributed by atoms with van der Waals surface area (Å²) in [5.41, 5.74) is 0.322. The van der Waals surface area contributed by atoms with Crippen molar-refractivity contribution in [2.45, 2.75) is 19.4 Å². The summed E-state index contributed by atoms with van der Waals surface area (Å²) in [4.78, 5) is 10.7. The molecular formula is C11H13ClO3. The lowest BCUT2D eigenvalue weighted by molar-refractivity contribution is 0.101. The monoisotopic (exact) mass is 228 g/mol. The largest absolute Gasteiger partial charge is 0.490 e. The Hall–Kier alpha value is -1.06. The highest BCUT2D eigenvalue weighted by Gasteiger charge is 2.08. The molecule has 0 heterocycles. The van der Waals surface area contributed by atoms with E-state index in [2.05, 4.69) is 0 Å². The molecule has 0 saturated heterocycles. The minimum absolute atomic E-state index is 0.164. The Morgan fingerprint density at radius 1 is 1.60 bits per heavy atom. The first-order chi connectivity index (χ1) is 7.19. The Kier molecular flexibility index (Phi) is 4.59. The van der Waals surface area contributed by atoms with E-state index >= 15 is 0 Å². The van der Waals surface area contributed by atoms with E-state index in [1.165, 1.54) is 0 Å². The molecule has 1 aromatic carbocycles. The van der Waals surface area contributed by atoms with Crippen molar-refractivity contribution in [1.29, 1.82) is 0 Å². The van der Waals surface area contributed by atoms with E-state index in [-0.39, 0.29) is 6.61 Å². The van der Waals surface area contributed by atoms with E-state index in [0.717, 1.165) is 0 Å². The summed E-state index contributed by atoms with van der Waals surface area (Å²) in [7, 11) is 0. The molecule has 0 fully saturated rings. The van der Waals surface area contributed by atoms with Crippen LogP contribution in [0.25, 0.3) is 0 Å². The van der Waals surface area contributed by atoms with Crippen LogP contribution in [0, 0.1) is 0 Å². The molecule has 1 unspecified atom stereocenters. The Bertz CT molecular complexity index is 339. The summed E-state index contributed by atoms with van der Waals surface area (Å²) in [5.74, 6) is 0.407. The lowest BCUT2D eigenvalue weighted by Gasteiger charge is -2.12. The maximum absolute atomic E-state index is 10.7. The molecule has 0 aliphatic heterocycles. The Balaban J connectivity index is 2.76. The second kappa shape index (κ2) is 5.73. The quantitative estimate of drug-likeness (QED) is 0.787. The van der Waals surface area contributed by atoms with Gasteiger partial charge in [0.15, 0.2) is 6.29 Å². The number of carbonyl (C=O) groups is 1. The third-order valence-electron chi connectivity index (χ3n) is 2.03. The Labute approximate surface area is 93.6 Å². The van der Waals surface area contributed by atoms with Gasteiger partial charge in [-0.3, -0.25) is 4.79 Å². The van der Waals surface area contributed by atoms with E-state index in [1.807, 2.05) is 6.92 Å². The van der Waals surface area contributed by atoms with Crippen LogP contribution in [0.15, 0.2) is 18.2 Å². The molecule has 82 valence electrons. The van der Waals surface area contributed by atoms with Gasteiger partial charge in [-0.15, -0.1) is 0 Å². The van der Waals surface area contributed by atoms with Gasteiger partial charge in [0.25, 0.3) is 0 Å². The molecule has 0 amide bonds. The fraction of sp³-hybridized carbons (Fsp3) is 0.364. The highest BCUT2D eigenvalue weighted by atomic mass is 35.5. The fourth-order valence-corrected chi connectivity index (χ4v) is 1.27. The minimum atomic E-state index is -0.525. The van der Waals surface area contributed by atoms with Crippen LogP contribution in [0.3, 0.4) is 0 Å². The van der Waals surface area contributed by atoms with Crippen LogP contribution in [0.1, 0.15) is 23.7 Å². The zero-order valence-electron chi connectivity index (χ0n) is 8.44. The molecular weight excluding hydrogens is 216 g/mol. The zero-order chi connectivity index (χ0) is 11.3. The predicted octanol–water partition coefficient (Wildman–Crippen LogP) is 2.30. The molecule has 1 rings (SSSR count). The molecule has 0 saturated carbocycles. The summed E-state index contributed by atoms with van der Waals surface area (Å²) in [6.07, 6.45) is 0.732. The number of aliphatic hydroxyl groups is 1. The molecule has 0 aliphatic rings. The van der Waals surface area contributed by atoms with Gasteiger partial charge in [-0.05, 0) is 18.6 Å². The van der Waals surface area contributed by atoms with Crippen LogP contribution < -0.4 is 4.74 Å². The summed E-state index contributed by atoms with van der Waals surface area (Å²) in [6.45, 7) is 2.02. The van der Waals surface area contributed by atoms with Gasteiger partial charge in [-0.2, -0.15) is 0 Å². The number of aliphatic hydroxyl groups excluding tert-OH is 1. The highest BCUT2D eigenvalue weighted by molar-refractivity contribution is 6.33. The first-order valence-corrected chi connectivity index (χ1v) is 5.11. The molecule has 0 aromatic heterocycles. The van der Waals surface area contributed by atoms with E-state index in [0.29, 0.717) is 29.0 Å².